The lowest BCUT2D eigenvalue weighted by atomic mass is 10.1. The van der Waals surface area contributed by atoms with Gasteiger partial charge in [-0.3, -0.25) is 20.4 Å². The van der Waals surface area contributed by atoms with Gasteiger partial charge in [0.15, 0.2) is 0 Å². The molecule has 26 heavy (non-hydrogen) atoms. The second kappa shape index (κ2) is 9.45. The second-order valence-corrected chi connectivity index (χ2v) is 6.61. The Morgan fingerprint density at radius 1 is 1.04 bits per heavy atom. The van der Waals surface area contributed by atoms with Crippen LogP contribution in [0.15, 0.2) is 40.9 Å². The maximum Gasteiger partial charge on any atom is 0.273 e. The van der Waals surface area contributed by atoms with Gasteiger partial charge in [0.2, 0.25) is 5.91 Å². The van der Waals surface area contributed by atoms with E-state index in [1.807, 2.05) is 18.2 Å². The molecule has 6 nitrogen and oxygen atoms in total. The van der Waals surface area contributed by atoms with Crippen LogP contribution < -0.4 is 20.3 Å². The lowest BCUT2D eigenvalue weighted by Crippen LogP contribution is -2.41. The van der Waals surface area contributed by atoms with Gasteiger partial charge in [-0.25, -0.2) is 0 Å². The third-order valence-corrected chi connectivity index (χ3v) is 4.43. The molecule has 8 heteroatoms. The molecule has 138 valence electrons. The van der Waals surface area contributed by atoms with Gasteiger partial charge in [0.1, 0.15) is 11.5 Å². The van der Waals surface area contributed by atoms with Crippen molar-refractivity contribution < 1.29 is 19.1 Å². The van der Waals surface area contributed by atoms with Gasteiger partial charge in [-0.15, -0.1) is 0 Å². The van der Waals surface area contributed by atoms with Crippen LogP contribution in [0.5, 0.6) is 11.5 Å². The van der Waals surface area contributed by atoms with Crippen LogP contribution >= 0.6 is 27.5 Å². The van der Waals surface area contributed by atoms with Crippen LogP contribution in [0.4, 0.5) is 0 Å². The van der Waals surface area contributed by atoms with Crippen molar-refractivity contribution in [1.29, 1.82) is 0 Å². The molecule has 0 aliphatic rings. The van der Waals surface area contributed by atoms with Gasteiger partial charge in [0.05, 0.1) is 24.3 Å². The standard InChI is InChI=1S/C18H18BrClN2O4/c1-25-15-7-5-12(20)10-13(15)18(24)22-21-17(23)8-4-11-3-6-16(26-2)14(19)9-11/h3,5-7,9-10H,4,8H2,1-2H3,(H,21,23)(H,22,24). The van der Waals surface area contributed by atoms with E-state index in [0.29, 0.717) is 17.2 Å². The fraction of sp³-hybridized carbons (Fsp3) is 0.222. The predicted octanol–water partition coefficient (Wildman–Crippen LogP) is 3.51. The molecule has 0 fully saturated rings. The van der Waals surface area contributed by atoms with Gasteiger partial charge in [-0.05, 0) is 58.2 Å². The molecule has 2 aromatic rings. The Hall–Kier alpha value is -2.25. The van der Waals surface area contributed by atoms with Gasteiger partial charge in [-0.1, -0.05) is 17.7 Å². The summed E-state index contributed by atoms with van der Waals surface area (Å²) in [6.07, 6.45) is 0.733. The summed E-state index contributed by atoms with van der Waals surface area (Å²) >= 11 is 9.30. The number of amides is 2. The van der Waals surface area contributed by atoms with Crippen molar-refractivity contribution in [2.45, 2.75) is 12.8 Å². The molecule has 0 aliphatic carbocycles. The van der Waals surface area contributed by atoms with Gasteiger partial charge >= 0.3 is 0 Å². The zero-order chi connectivity index (χ0) is 19.1. The first-order valence-electron chi connectivity index (χ1n) is 7.69. The number of hydrogen-bond donors (Lipinski definition) is 2. The number of rotatable bonds is 6. The molecule has 2 N–H and O–H groups in total. The van der Waals surface area contributed by atoms with Crippen LogP contribution in [0, 0.1) is 0 Å². The summed E-state index contributed by atoms with van der Waals surface area (Å²) in [6, 6.07) is 10.3. The number of methoxy groups -OCH3 is 2. The van der Waals surface area contributed by atoms with Crippen molar-refractivity contribution in [3.63, 3.8) is 0 Å². The Morgan fingerprint density at radius 3 is 2.38 bits per heavy atom. The molecule has 0 saturated heterocycles. The van der Waals surface area contributed by atoms with E-state index in [-0.39, 0.29) is 17.9 Å². The first kappa shape index (κ1) is 20.1. The summed E-state index contributed by atoms with van der Waals surface area (Å²) in [7, 11) is 3.04. The number of benzene rings is 2. The molecule has 0 bridgehead atoms. The first-order chi connectivity index (χ1) is 12.4. The Labute approximate surface area is 164 Å². The van der Waals surface area contributed by atoms with Crippen molar-refractivity contribution in [2.75, 3.05) is 14.2 Å². The van der Waals surface area contributed by atoms with Crippen molar-refractivity contribution >= 4 is 39.3 Å². The van der Waals surface area contributed by atoms with Crippen LogP contribution in [-0.4, -0.2) is 26.0 Å². The highest BCUT2D eigenvalue weighted by molar-refractivity contribution is 9.10. The van der Waals surface area contributed by atoms with E-state index in [4.69, 9.17) is 21.1 Å². The summed E-state index contributed by atoms with van der Waals surface area (Å²) in [5.41, 5.74) is 5.95. The summed E-state index contributed by atoms with van der Waals surface area (Å²) in [5, 5.41) is 0.396. The van der Waals surface area contributed by atoms with Crippen LogP contribution in [0.1, 0.15) is 22.3 Å². The van der Waals surface area contributed by atoms with Crippen molar-refractivity contribution in [2.24, 2.45) is 0 Å². The lowest BCUT2D eigenvalue weighted by Gasteiger charge is -2.11. The summed E-state index contributed by atoms with van der Waals surface area (Å²) in [6.45, 7) is 0. The zero-order valence-corrected chi connectivity index (χ0v) is 16.6. The quantitative estimate of drug-likeness (QED) is 0.673. The molecule has 0 aliphatic heterocycles. The fourth-order valence-corrected chi connectivity index (χ4v) is 3.00. The zero-order valence-electron chi connectivity index (χ0n) is 14.3. The highest BCUT2D eigenvalue weighted by Gasteiger charge is 2.14. The van der Waals surface area contributed by atoms with Crippen LogP contribution in [0.25, 0.3) is 0 Å². The average molecular weight is 442 g/mol. The second-order valence-electron chi connectivity index (χ2n) is 5.32. The van der Waals surface area contributed by atoms with E-state index in [1.165, 1.54) is 13.2 Å². The Morgan fingerprint density at radius 2 is 1.73 bits per heavy atom. The summed E-state index contributed by atoms with van der Waals surface area (Å²) < 4.78 is 11.1. The van der Waals surface area contributed by atoms with E-state index >= 15 is 0 Å². The molecule has 0 atom stereocenters. The monoisotopic (exact) mass is 440 g/mol. The fourth-order valence-electron chi connectivity index (χ4n) is 2.24. The average Bonchev–Trinajstić information content (AvgIpc) is 2.64. The van der Waals surface area contributed by atoms with E-state index in [0.717, 1.165) is 15.8 Å². The molecule has 0 aromatic heterocycles. The lowest BCUT2D eigenvalue weighted by molar-refractivity contribution is -0.121. The highest BCUT2D eigenvalue weighted by atomic mass is 79.9. The van der Waals surface area contributed by atoms with Crippen LogP contribution in [-0.2, 0) is 11.2 Å². The minimum atomic E-state index is -0.509. The normalized spacial score (nSPS) is 10.2. The Bertz CT molecular complexity index is 814. The van der Waals surface area contributed by atoms with E-state index in [9.17, 15) is 9.59 Å². The topological polar surface area (TPSA) is 76.7 Å². The van der Waals surface area contributed by atoms with E-state index in [1.54, 1.807) is 19.2 Å². The molecule has 0 unspecified atom stereocenters. The third kappa shape index (κ3) is 5.37. The summed E-state index contributed by atoms with van der Waals surface area (Å²) in [5.74, 6) is 0.265. The van der Waals surface area contributed by atoms with Gasteiger partial charge in [0, 0.05) is 11.4 Å². The van der Waals surface area contributed by atoms with Crippen molar-refractivity contribution in [1.82, 2.24) is 10.9 Å². The predicted molar refractivity (Wildman–Crippen MR) is 103 cm³/mol. The number of ether oxygens (including phenoxy) is 2. The number of aryl methyl sites for hydroxylation is 1. The smallest absolute Gasteiger partial charge is 0.273 e. The molecule has 2 aromatic carbocycles. The minimum absolute atomic E-state index is 0.214. The van der Waals surface area contributed by atoms with E-state index in [2.05, 4.69) is 26.8 Å². The molecular formula is C18H18BrClN2O4. The number of hydrazine groups is 1. The molecular weight excluding hydrogens is 424 g/mol. The van der Waals surface area contributed by atoms with Crippen LogP contribution in [0.3, 0.4) is 0 Å². The first-order valence-corrected chi connectivity index (χ1v) is 8.87. The third-order valence-electron chi connectivity index (χ3n) is 3.58. The highest BCUT2D eigenvalue weighted by Crippen LogP contribution is 2.26. The SMILES string of the molecule is COc1ccc(CCC(=O)NNC(=O)c2cc(Cl)ccc2OC)cc1Br. The van der Waals surface area contributed by atoms with Crippen molar-refractivity contribution in [3.8, 4) is 11.5 Å². The van der Waals surface area contributed by atoms with Crippen molar-refractivity contribution in [3.05, 3.63) is 57.0 Å². The number of halogens is 2. The molecule has 2 amide bonds. The number of carbonyl (C=O) groups excluding carboxylic acids is 2. The number of nitrogens with one attached hydrogen (secondary N) is 2. The molecule has 0 spiro atoms. The minimum Gasteiger partial charge on any atom is -0.496 e. The Kier molecular flexibility index (Phi) is 7.29. The Balaban J connectivity index is 1.88. The van der Waals surface area contributed by atoms with Gasteiger partial charge < -0.3 is 9.47 Å². The number of carbonyl (C=O) groups is 2. The number of hydrogen-bond acceptors (Lipinski definition) is 4. The maximum atomic E-state index is 12.2. The molecule has 0 heterocycles. The van der Waals surface area contributed by atoms with Gasteiger partial charge in [-0.2, -0.15) is 0 Å². The largest absolute Gasteiger partial charge is 0.496 e. The maximum absolute atomic E-state index is 12.2. The van der Waals surface area contributed by atoms with E-state index < -0.39 is 5.91 Å². The van der Waals surface area contributed by atoms with Gasteiger partial charge in [0.25, 0.3) is 5.91 Å². The molecule has 0 saturated carbocycles. The van der Waals surface area contributed by atoms with Crippen LogP contribution in [0.2, 0.25) is 5.02 Å². The molecule has 0 radical (unpaired) electrons. The molecule has 2 rings (SSSR count). The summed E-state index contributed by atoms with van der Waals surface area (Å²) in [4.78, 5) is 24.1.